The van der Waals surface area contributed by atoms with Crippen LogP contribution in [0.2, 0.25) is 10.3 Å². The quantitative estimate of drug-likeness (QED) is 0.526. The van der Waals surface area contributed by atoms with Gasteiger partial charge in [0.15, 0.2) is 5.15 Å². The Morgan fingerprint density at radius 2 is 1.70 bits per heavy atom. The standard InChI is InChI=1S/C18H23Cl2N3O5S2/c1-5-23(6-2)30(26,27)13-7-8-15(28-12(3)4)14(11-13)22-29(24,25)16-9-10-17(19)21-18(16)20/h7-12,22H,5-6H2,1-4H3. The van der Waals surface area contributed by atoms with E-state index in [4.69, 9.17) is 27.9 Å². The normalized spacial score (nSPS) is 12.4. The topological polar surface area (TPSA) is 106 Å². The van der Waals surface area contributed by atoms with Crippen LogP contribution >= 0.6 is 23.2 Å². The molecule has 0 saturated carbocycles. The number of nitrogens with zero attached hydrogens (tertiary/aromatic N) is 2. The van der Waals surface area contributed by atoms with Gasteiger partial charge in [0.2, 0.25) is 10.0 Å². The molecule has 0 aliphatic heterocycles. The Balaban J connectivity index is 2.58. The van der Waals surface area contributed by atoms with Crippen LogP contribution in [0.3, 0.4) is 0 Å². The summed E-state index contributed by atoms with van der Waals surface area (Å²) in [5.74, 6) is 0.171. The van der Waals surface area contributed by atoms with Crippen molar-refractivity contribution in [1.29, 1.82) is 0 Å². The zero-order valence-electron chi connectivity index (χ0n) is 16.9. The van der Waals surface area contributed by atoms with Crippen molar-refractivity contribution in [3.63, 3.8) is 0 Å². The van der Waals surface area contributed by atoms with Gasteiger partial charge in [-0.2, -0.15) is 4.31 Å². The second-order valence-electron chi connectivity index (χ2n) is 6.44. The van der Waals surface area contributed by atoms with Crippen molar-refractivity contribution in [2.75, 3.05) is 17.8 Å². The van der Waals surface area contributed by atoms with Gasteiger partial charge in [-0.25, -0.2) is 21.8 Å². The molecule has 0 saturated heterocycles. The summed E-state index contributed by atoms with van der Waals surface area (Å²) in [4.78, 5) is 3.36. The molecule has 30 heavy (non-hydrogen) atoms. The molecule has 1 aromatic carbocycles. The molecule has 1 N–H and O–H groups in total. The third-order valence-corrected chi connectivity index (χ3v) is 8.02. The van der Waals surface area contributed by atoms with Gasteiger partial charge in [-0.05, 0) is 44.2 Å². The maximum atomic E-state index is 12.9. The number of hydrogen-bond acceptors (Lipinski definition) is 6. The van der Waals surface area contributed by atoms with Crippen molar-refractivity contribution in [3.8, 4) is 5.75 Å². The van der Waals surface area contributed by atoms with Crippen LogP contribution in [0.4, 0.5) is 5.69 Å². The molecule has 2 rings (SSSR count). The number of hydrogen-bond donors (Lipinski definition) is 1. The van der Waals surface area contributed by atoms with E-state index in [-0.39, 0.29) is 50.7 Å². The van der Waals surface area contributed by atoms with Gasteiger partial charge in [-0.3, -0.25) is 4.72 Å². The minimum atomic E-state index is -4.20. The molecule has 2 aromatic rings. The summed E-state index contributed by atoms with van der Waals surface area (Å²) in [6.07, 6.45) is -0.278. The number of anilines is 1. The van der Waals surface area contributed by atoms with Gasteiger partial charge in [0.1, 0.15) is 15.8 Å². The molecule has 0 radical (unpaired) electrons. The number of benzene rings is 1. The lowest BCUT2D eigenvalue weighted by atomic mass is 10.3. The summed E-state index contributed by atoms with van der Waals surface area (Å²) in [5, 5.41) is -0.275. The summed E-state index contributed by atoms with van der Waals surface area (Å²) < 4.78 is 60.8. The van der Waals surface area contributed by atoms with Crippen LogP contribution in [-0.4, -0.2) is 45.3 Å². The summed E-state index contributed by atoms with van der Waals surface area (Å²) in [7, 11) is -8.02. The van der Waals surface area contributed by atoms with Gasteiger partial charge in [-0.15, -0.1) is 0 Å². The fourth-order valence-corrected chi connectivity index (χ4v) is 5.83. The van der Waals surface area contributed by atoms with Gasteiger partial charge < -0.3 is 4.74 Å². The Labute approximate surface area is 187 Å². The Bertz CT molecular complexity index is 1120. The molecular formula is C18H23Cl2N3O5S2. The number of nitrogens with one attached hydrogen (secondary N) is 1. The van der Waals surface area contributed by atoms with Crippen molar-refractivity contribution < 1.29 is 21.6 Å². The second-order valence-corrected chi connectivity index (χ2v) is 10.8. The molecule has 0 unspecified atom stereocenters. The van der Waals surface area contributed by atoms with Crippen molar-refractivity contribution in [2.24, 2.45) is 0 Å². The van der Waals surface area contributed by atoms with Crippen LogP contribution in [0, 0.1) is 0 Å². The zero-order chi connectivity index (χ0) is 22.7. The summed E-state index contributed by atoms with van der Waals surface area (Å²) >= 11 is 11.7. The summed E-state index contributed by atoms with van der Waals surface area (Å²) in [6, 6.07) is 6.50. The molecule has 0 atom stereocenters. The van der Waals surface area contributed by atoms with E-state index in [1.54, 1.807) is 27.7 Å². The molecule has 1 aromatic heterocycles. The third-order valence-electron chi connectivity index (χ3n) is 3.97. The highest BCUT2D eigenvalue weighted by molar-refractivity contribution is 7.93. The predicted octanol–water partition coefficient (Wildman–Crippen LogP) is 4.01. The summed E-state index contributed by atoms with van der Waals surface area (Å²) in [6.45, 7) is 7.51. The number of aromatic nitrogens is 1. The SMILES string of the molecule is CCN(CC)S(=O)(=O)c1ccc(OC(C)C)c(NS(=O)(=O)c2ccc(Cl)nc2Cl)c1. The highest BCUT2D eigenvalue weighted by Crippen LogP contribution is 2.33. The first-order chi connectivity index (χ1) is 13.9. The molecule has 166 valence electrons. The lowest BCUT2D eigenvalue weighted by Crippen LogP contribution is -2.30. The highest BCUT2D eigenvalue weighted by Gasteiger charge is 2.26. The van der Waals surface area contributed by atoms with Gasteiger partial charge in [0.05, 0.1) is 16.7 Å². The number of rotatable bonds is 9. The lowest BCUT2D eigenvalue weighted by molar-refractivity contribution is 0.243. The van der Waals surface area contributed by atoms with E-state index in [2.05, 4.69) is 9.71 Å². The molecule has 12 heteroatoms. The van der Waals surface area contributed by atoms with Crippen LogP contribution in [-0.2, 0) is 20.0 Å². The van der Waals surface area contributed by atoms with Crippen LogP contribution in [0.15, 0.2) is 40.1 Å². The molecule has 0 spiro atoms. The van der Waals surface area contributed by atoms with E-state index in [9.17, 15) is 16.8 Å². The Morgan fingerprint density at radius 3 is 2.23 bits per heavy atom. The monoisotopic (exact) mass is 495 g/mol. The Morgan fingerprint density at radius 1 is 1.07 bits per heavy atom. The van der Waals surface area contributed by atoms with Gasteiger partial charge in [-0.1, -0.05) is 37.0 Å². The van der Waals surface area contributed by atoms with E-state index < -0.39 is 20.0 Å². The van der Waals surface area contributed by atoms with Gasteiger partial charge >= 0.3 is 0 Å². The average molecular weight is 496 g/mol. The third kappa shape index (κ3) is 5.55. The van der Waals surface area contributed by atoms with E-state index in [0.29, 0.717) is 0 Å². The average Bonchev–Trinajstić information content (AvgIpc) is 2.62. The molecule has 8 nitrogen and oxygen atoms in total. The minimum Gasteiger partial charge on any atom is -0.489 e. The minimum absolute atomic E-state index is 0.0371. The Kier molecular flexibility index (Phi) is 7.97. The van der Waals surface area contributed by atoms with Gasteiger partial charge in [0, 0.05) is 13.1 Å². The van der Waals surface area contributed by atoms with Gasteiger partial charge in [0.25, 0.3) is 10.0 Å². The number of halogens is 2. The fourth-order valence-electron chi connectivity index (χ4n) is 2.62. The van der Waals surface area contributed by atoms with Crippen molar-refractivity contribution >= 4 is 48.9 Å². The molecular weight excluding hydrogens is 473 g/mol. The molecule has 0 amide bonds. The maximum absolute atomic E-state index is 12.9. The highest BCUT2D eigenvalue weighted by atomic mass is 35.5. The fraction of sp³-hybridized carbons (Fsp3) is 0.389. The second kappa shape index (κ2) is 9.69. The largest absolute Gasteiger partial charge is 0.489 e. The van der Waals surface area contributed by atoms with Crippen molar-refractivity contribution in [1.82, 2.24) is 9.29 Å². The first-order valence-electron chi connectivity index (χ1n) is 9.08. The smallest absolute Gasteiger partial charge is 0.265 e. The first-order valence-corrected chi connectivity index (χ1v) is 12.8. The molecule has 0 bridgehead atoms. The molecule has 1 heterocycles. The van der Waals surface area contributed by atoms with E-state index in [1.165, 1.54) is 34.6 Å². The Hall–Kier alpha value is -1.59. The molecule has 0 aliphatic rings. The first kappa shape index (κ1) is 24.7. The van der Waals surface area contributed by atoms with E-state index in [0.717, 1.165) is 0 Å². The van der Waals surface area contributed by atoms with Crippen LogP contribution in [0.25, 0.3) is 0 Å². The zero-order valence-corrected chi connectivity index (χ0v) is 20.0. The van der Waals surface area contributed by atoms with Crippen LogP contribution < -0.4 is 9.46 Å². The maximum Gasteiger partial charge on any atom is 0.265 e. The predicted molar refractivity (Wildman–Crippen MR) is 117 cm³/mol. The number of pyridine rings is 1. The molecule has 0 aliphatic carbocycles. The number of sulfonamides is 2. The van der Waals surface area contributed by atoms with E-state index in [1.807, 2.05) is 0 Å². The summed E-state index contributed by atoms with van der Waals surface area (Å²) in [5.41, 5.74) is -0.0389. The van der Waals surface area contributed by atoms with E-state index >= 15 is 0 Å². The molecule has 0 fully saturated rings. The van der Waals surface area contributed by atoms with Crippen molar-refractivity contribution in [3.05, 3.63) is 40.6 Å². The lowest BCUT2D eigenvalue weighted by Gasteiger charge is -2.21. The van der Waals surface area contributed by atoms with Crippen LogP contribution in [0.1, 0.15) is 27.7 Å². The van der Waals surface area contributed by atoms with Crippen molar-refractivity contribution in [2.45, 2.75) is 43.6 Å². The number of ether oxygens (including phenoxy) is 1. The van der Waals surface area contributed by atoms with Crippen LogP contribution in [0.5, 0.6) is 5.75 Å².